The van der Waals surface area contributed by atoms with Crippen LogP contribution in [0, 0.1) is 5.92 Å². The molecule has 1 saturated heterocycles. The largest absolute Gasteiger partial charge is 0.340 e. The van der Waals surface area contributed by atoms with E-state index in [2.05, 4.69) is 30.6 Å². The van der Waals surface area contributed by atoms with Crippen LogP contribution in [0.25, 0.3) is 0 Å². The summed E-state index contributed by atoms with van der Waals surface area (Å²) in [6.45, 7) is 10.7. The zero-order chi connectivity index (χ0) is 12.5. The summed E-state index contributed by atoms with van der Waals surface area (Å²) >= 11 is 0. The predicted octanol–water partition coefficient (Wildman–Crippen LogP) is 2.12. The summed E-state index contributed by atoms with van der Waals surface area (Å²) in [5.41, 5.74) is 0.239. The summed E-state index contributed by atoms with van der Waals surface area (Å²) < 4.78 is 0. The third-order valence-corrected chi connectivity index (χ3v) is 4.24. The van der Waals surface area contributed by atoms with Gasteiger partial charge in [-0.3, -0.25) is 9.69 Å². The van der Waals surface area contributed by atoms with E-state index < -0.39 is 0 Å². The summed E-state index contributed by atoms with van der Waals surface area (Å²) in [5.74, 6) is 0.771. The van der Waals surface area contributed by atoms with Gasteiger partial charge in [-0.15, -0.1) is 0 Å². The van der Waals surface area contributed by atoms with E-state index in [4.69, 9.17) is 0 Å². The van der Waals surface area contributed by atoms with Crippen molar-refractivity contribution in [1.29, 1.82) is 0 Å². The second-order valence-corrected chi connectivity index (χ2v) is 6.46. The zero-order valence-corrected chi connectivity index (χ0v) is 11.5. The molecular weight excluding hydrogens is 212 g/mol. The first-order valence-corrected chi connectivity index (χ1v) is 7.02. The van der Waals surface area contributed by atoms with Crippen molar-refractivity contribution in [2.45, 2.75) is 52.0 Å². The highest BCUT2D eigenvalue weighted by atomic mass is 16.2. The fraction of sp³-hybridized carbons (Fsp3) is 0.929. The van der Waals surface area contributed by atoms with Gasteiger partial charge >= 0.3 is 0 Å². The van der Waals surface area contributed by atoms with Gasteiger partial charge in [-0.2, -0.15) is 0 Å². The molecule has 2 fully saturated rings. The van der Waals surface area contributed by atoms with Crippen LogP contribution < -0.4 is 0 Å². The second-order valence-electron chi connectivity index (χ2n) is 6.46. The number of carbonyl (C=O) groups excluding carboxylic acids is 1. The minimum absolute atomic E-state index is 0.239. The lowest BCUT2D eigenvalue weighted by atomic mass is 10.0. The fourth-order valence-corrected chi connectivity index (χ4v) is 3.03. The maximum atomic E-state index is 12.3. The lowest BCUT2D eigenvalue weighted by Gasteiger charge is -2.42. The van der Waals surface area contributed by atoms with Crippen LogP contribution in [0.4, 0.5) is 0 Å². The van der Waals surface area contributed by atoms with Crippen molar-refractivity contribution in [1.82, 2.24) is 9.80 Å². The molecule has 0 aromatic rings. The Labute approximate surface area is 105 Å². The van der Waals surface area contributed by atoms with E-state index in [9.17, 15) is 4.79 Å². The van der Waals surface area contributed by atoms with Gasteiger partial charge in [0.1, 0.15) is 0 Å². The van der Waals surface area contributed by atoms with E-state index in [-0.39, 0.29) is 5.54 Å². The molecule has 0 radical (unpaired) electrons. The highest BCUT2D eigenvalue weighted by molar-refractivity contribution is 5.79. The number of carbonyl (C=O) groups is 1. The first-order chi connectivity index (χ1) is 7.98. The number of amides is 1. The summed E-state index contributed by atoms with van der Waals surface area (Å²) in [5, 5.41) is 0. The Bertz CT molecular complexity index is 268. The third-order valence-electron chi connectivity index (χ3n) is 4.24. The number of hydrogen-bond acceptors (Lipinski definition) is 2. The predicted molar refractivity (Wildman–Crippen MR) is 69.9 cm³/mol. The molecule has 2 aliphatic rings. The molecule has 1 aliphatic heterocycles. The Kier molecular flexibility index (Phi) is 3.76. The van der Waals surface area contributed by atoms with E-state index in [1.54, 1.807) is 0 Å². The van der Waals surface area contributed by atoms with E-state index in [1.807, 2.05) is 0 Å². The minimum atomic E-state index is 0.239. The smallest absolute Gasteiger partial charge is 0.225 e. The molecule has 3 heteroatoms. The van der Waals surface area contributed by atoms with Crippen molar-refractivity contribution in [3.8, 4) is 0 Å². The zero-order valence-electron chi connectivity index (χ0n) is 11.5. The van der Waals surface area contributed by atoms with Gasteiger partial charge < -0.3 is 4.90 Å². The molecule has 1 saturated carbocycles. The molecule has 0 unspecified atom stereocenters. The van der Waals surface area contributed by atoms with Crippen LogP contribution in [0.1, 0.15) is 46.5 Å². The highest BCUT2D eigenvalue weighted by Crippen LogP contribution is 2.27. The lowest BCUT2D eigenvalue weighted by Crippen LogP contribution is -2.55. The molecule has 0 N–H and O–H groups in total. The van der Waals surface area contributed by atoms with Crippen molar-refractivity contribution >= 4 is 5.91 Å². The molecule has 0 aromatic carbocycles. The molecule has 1 heterocycles. The third kappa shape index (κ3) is 3.01. The highest BCUT2D eigenvalue weighted by Gasteiger charge is 2.31. The van der Waals surface area contributed by atoms with Crippen LogP contribution in [0.15, 0.2) is 0 Å². The van der Waals surface area contributed by atoms with E-state index >= 15 is 0 Å². The van der Waals surface area contributed by atoms with Crippen LogP contribution in [-0.4, -0.2) is 47.4 Å². The molecule has 2 rings (SSSR count). The summed E-state index contributed by atoms with van der Waals surface area (Å²) in [4.78, 5) is 16.8. The van der Waals surface area contributed by atoms with Gasteiger partial charge in [-0.25, -0.2) is 0 Å². The maximum absolute atomic E-state index is 12.3. The second kappa shape index (κ2) is 4.97. The summed E-state index contributed by atoms with van der Waals surface area (Å²) in [6.07, 6.45) is 4.74. The van der Waals surface area contributed by atoms with Gasteiger partial charge in [0.2, 0.25) is 5.91 Å². The van der Waals surface area contributed by atoms with Crippen LogP contribution >= 0.6 is 0 Å². The Hall–Kier alpha value is -0.570. The Morgan fingerprint density at radius 2 is 1.53 bits per heavy atom. The average Bonchev–Trinajstić information content (AvgIpc) is 2.80. The molecule has 1 aliphatic carbocycles. The van der Waals surface area contributed by atoms with Crippen molar-refractivity contribution in [2.75, 3.05) is 26.2 Å². The van der Waals surface area contributed by atoms with Crippen LogP contribution in [0.5, 0.6) is 0 Å². The molecule has 0 aromatic heterocycles. The number of hydrogen-bond donors (Lipinski definition) is 0. The van der Waals surface area contributed by atoms with Crippen LogP contribution in [-0.2, 0) is 4.79 Å². The standard InChI is InChI=1S/C14H26N2O/c1-14(2,3)16-10-8-15(9-11-16)13(17)12-6-4-5-7-12/h12H,4-11H2,1-3H3. The van der Waals surface area contributed by atoms with Crippen molar-refractivity contribution < 1.29 is 4.79 Å². The molecule has 3 nitrogen and oxygen atoms in total. The summed E-state index contributed by atoms with van der Waals surface area (Å²) in [7, 11) is 0. The van der Waals surface area contributed by atoms with Gasteiger partial charge in [0, 0.05) is 37.6 Å². The first-order valence-electron chi connectivity index (χ1n) is 7.02. The Morgan fingerprint density at radius 3 is 2.00 bits per heavy atom. The van der Waals surface area contributed by atoms with Gasteiger partial charge in [0.25, 0.3) is 0 Å². The lowest BCUT2D eigenvalue weighted by molar-refractivity contribution is -0.137. The quantitative estimate of drug-likeness (QED) is 0.698. The number of nitrogens with zero attached hydrogens (tertiary/aromatic N) is 2. The normalized spacial score (nSPS) is 24.3. The van der Waals surface area contributed by atoms with Crippen molar-refractivity contribution in [3.63, 3.8) is 0 Å². The Morgan fingerprint density at radius 1 is 1.00 bits per heavy atom. The maximum Gasteiger partial charge on any atom is 0.225 e. The van der Waals surface area contributed by atoms with E-state index in [0.29, 0.717) is 11.8 Å². The molecular formula is C14H26N2O. The van der Waals surface area contributed by atoms with Crippen molar-refractivity contribution in [3.05, 3.63) is 0 Å². The molecule has 0 bridgehead atoms. The van der Waals surface area contributed by atoms with Crippen molar-refractivity contribution in [2.24, 2.45) is 5.92 Å². The molecule has 17 heavy (non-hydrogen) atoms. The first kappa shape index (κ1) is 12.9. The number of rotatable bonds is 1. The molecule has 0 atom stereocenters. The Balaban J connectivity index is 1.84. The number of piperazine rings is 1. The average molecular weight is 238 g/mol. The van der Waals surface area contributed by atoms with Gasteiger partial charge in [0.05, 0.1) is 0 Å². The summed E-state index contributed by atoms with van der Waals surface area (Å²) in [6, 6.07) is 0. The van der Waals surface area contributed by atoms with Crippen LogP contribution in [0.3, 0.4) is 0 Å². The molecule has 1 amide bonds. The molecule has 98 valence electrons. The minimum Gasteiger partial charge on any atom is -0.340 e. The SMILES string of the molecule is CC(C)(C)N1CCN(C(=O)C2CCCC2)CC1. The van der Waals surface area contributed by atoms with Gasteiger partial charge in [-0.1, -0.05) is 12.8 Å². The van der Waals surface area contributed by atoms with Crippen LogP contribution in [0.2, 0.25) is 0 Å². The van der Waals surface area contributed by atoms with Gasteiger partial charge in [0.15, 0.2) is 0 Å². The van der Waals surface area contributed by atoms with E-state index in [1.165, 1.54) is 12.8 Å². The van der Waals surface area contributed by atoms with Gasteiger partial charge in [-0.05, 0) is 33.6 Å². The monoisotopic (exact) mass is 238 g/mol. The molecule has 0 spiro atoms. The fourth-order valence-electron chi connectivity index (χ4n) is 3.03. The van der Waals surface area contributed by atoms with E-state index in [0.717, 1.165) is 39.0 Å². The topological polar surface area (TPSA) is 23.6 Å².